The number of halogens is 2. The van der Waals surface area contributed by atoms with Crippen LogP contribution >= 0.6 is 11.6 Å². The van der Waals surface area contributed by atoms with Gasteiger partial charge in [-0.05, 0) is 57.4 Å². The van der Waals surface area contributed by atoms with Gasteiger partial charge in [0.05, 0.1) is 17.8 Å². The van der Waals surface area contributed by atoms with Gasteiger partial charge in [0.2, 0.25) is 5.88 Å². The van der Waals surface area contributed by atoms with Crippen LogP contribution in [0.15, 0.2) is 24.4 Å². The third kappa shape index (κ3) is 7.04. The molecule has 1 aliphatic carbocycles. The van der Waals surface area contributed by atoms with Gasteiger partial charge in [0, 0.05) is 38.2 Å². The first-order valence-electron chi connectivity index (χ1n) is 12.0. The van der Waals surface area contributed by atoms with E-state index >= 15 is 0 Å². The first-order chi connectivity index (χ1) is 17.1. The molecule has 1 saturated heterocycles. The number of rotatable bonds is 6. The molecule has 9 nitrogen and oxygen atoms in total. The van der Waals surface area contributed by atoms with Gasteiger partial charge in [0.25, 0.3) is 0 Å². The van der Waals surface area contributed by atoms with Crippen molar-refractivity contribution in [3.05, 3.63) is 40.7 Å². The van der Waals surface area contributed by atoms with Gasteiger partial charge in [-0.1, -0.05) is 11.6 Å². The topological polar surface area (TPSA) is 113 Å². The third-order valence-electron chi connectivity index (χ3n) is 5.92. The van der Waals surface area contributed by atoms with Crippen LogP contribution in [0.4, 0.5) is 15.0 Å². The number of hydrogen-bond acceptors (Lipinski definition) is 8. The summed E-state index contributed by atoms with van der Waals surface area (Å²) in [5, 5.41) is 7.28. The van der Waals surface area contributed by atoms with Gasteiger partial charge in [-0.25, -0.2) is 14.2 Å². The molecule has 3 heterocycles. The summed E-state index contributed by atoms with van der Waals surface area (Å²) < 4.78 is 32.3. The molecule has 0 spiro atoms. The second-order valence-electron chi connectivity index (χ2n) is 10.0. The van der Waals surface area contributed by atoms with Crippen molar-refractivity contribution >= 4 is 35.4 Å². The van der Waals surface area contributed by atoms with Gasteiger partial charge in [-0.3, -0.25) is 0 Å². The molecule has 2 N–H and O–H groups in total. The van der Waals surface area contributed by atoms with Crippen molar-refractivity contribution in [1.82, 2.24) is 20.1 Å². The van der Waals surface area contributed by atoms with Crippen LogP contribution in [-0.4, -0.2) is 63.2 Å². The molecule has 4 rings (SSSR count). The van der Waals surface area contributed by atoms with E-state index in [-0.39, 0.29) is 40.9 Å². The molecule has 2 aliphatic rings. The fraction of sp³-hybridized carbons (Fsp3) is 0.520. The summed E-state index contributed by atoms with van der Waals surface area (Å²) in [6.45, 7) is 6.84. The number of nitrogens with zero attached hydrogens (tertiary/aromatic N) is 4. The Labute approximate surface area is 214 Å². The SMILES string of the molecule is CC(C)(C)OC(=O)N1CCC(O[C@H]2C[C@H](Oc3cc(C=C(F)c4cc(Cl)nnc4N)ccn3)C2)CC1. The van der Waals surface area contributed by atoms with E-state index in [4.69, 9.17) is 31.5 Å². The molecular formula is C25H31ClFN5O4. The van der Waals surface area contributed by atoms with Gasteiger partial charge >= 0.3 is 6.09 Å². The average Bonchev–Trinajstić information content (AvgIpc) is 2.78. The minimum absolute atomic E-state index is 0.0210. The molecule has 1 aliphatic heterocycles. The van der Waals surface area contributed by atoms with Crippen molar-refractivity contribution in [2.75, 3.05) is 18.8 Å². The molecule has 1 saturated carbocycles. The van der Waals surface area contributed by atoms with Crippen LogP contribution in [0.5, 0.6) is 5.88 Å². The number of likely N-dealkylation sites (tertiary alicyclic amines) is 1. The molecule has 36 heavy (non-hydrogen) atoms. The molecule has 2 aromatic heterocycles. The predicted octanol–water partition coefficient (Wildman–Crippen LogP) is 4.90. The zero-order valence-electron chi connectivity index (χ0n) is 20.6. The van der Waals surface area contributed by atoms with E-state index < -0.39 is 11.4 Å². The minimum atomic E-state index is -0.587. The lowest BCUT2D eigenvalue weighted by Crippen LogP contribution is -2.46. The van der Waals surface area contributed by atoms with E-state index in [1.165, 1.54) is 12.1 Å². The molecule has 0 aromatic carbocycles. The molecule has 0 atom stereocenters. The quantitative estimate of drug-likeness (QED) is 0.573. The maximum atomic E-state index is 14.7. The number of hydrogen-bond donors (Lipinski definition) is 1. The van der Waals surface area contributed by atoms with Crippen LogP contribution in [-0.2, 0) is 9.47 Å². The Kier molecular flexibility index (Phi) is 7.94. The minimum Gasteiger partial charge on any atom is -0.474 e. The molecule has 2 aromatic rings. The molecular weight excluding hydrogens is 489 g/mol. The van der Waals surface area contributed by atoms with Crippen LogP contribution in [0.2, 0.25) is 5.15 Å². The zero-order valence-corrected chi connectivity index (χ0v) is 21.4. The van der Waals surface area contributed by atoms with Crippen LogP contribution in [0.1, 0.15) is 57.6 Å². The summed E-state index contributed by atoms with van der Waals surface area (Å²) in [4.78, 5) is 18.2. The number of pyridine rings is 1. The second kappa shape index (κ2) is 11.0. The van der Waals surface area contributed by atoms with E-state index in [1.807, 2.05) is 20.8 Å². The van der Waals surface area contributed by atoms with Crippen molar-refractivity contribution in [1.29, 1.82) is 0 Å². The summed E-state index contributed by atoms with van der Waals surface area (Å²) in [7, 11) is 0. The molecule has 2 fully saturated rings. The standard InChI is InChI=1S/C25H31ClFN5O4/c1-25(2,3)36-24(33)32-8-5-16(6-9-32)34-17-12-18(13-17)35-22-11-15(4-7-29-22)10-20(27)19-14-21(26)30-31-23(19)28/h4,7,10-11,14,16-18H,5-6,8-9,12-13H2,1-3H3,(H2,28,31)/t17-,18-. The van der Waals surface area contributed by atoms with Gasteiger partial charge in [-0.15, -0.1) is 10.2 Å². The fourth-order valence-electron chi connectivity index (χ4n) is 4.04. The number of aromatic nitrogens is 3. The van der Waals surface area contributed by atoms with E-state index in [0.29, 0.717) is 24.5 Å². The van der Waals surface area contributed by atoms with E-state index in [1.54, 1.807) is 23.2 Å². The van der Waals surface area contributed by atoms with Gasteiger partial charge in [-0.2, -0.15) is 0 Å². The number of carbonyl (C=O) groups excluding carboxylic acids is 1. The number of carbonyl (C=O) groups is 1. The lowest BCUT2D eigenvalue weighted by Gasteiger charge is -2.39. The highest BCUT2D eigenvalue weighted by molar-refractivity contribution is 6.29. The average molecular weight is 520 g/mol. The predicted molar refractivity (Wildman–Crippen MR) is 134 cm³/mol. The third-order valence-corrected chi connectivity index (χ3v) is 6.10. The number of piperidine rings is 1. The lowest BCUT2D eigenvalue weighted by atomic mass is 9.91. The zero-order chi connectivity index (χ0) is 25.9. The Morgan fingerprint density at radius 1 is 1.17 bits per heavy atom. The summed E-state index contributed by atoms with van der Waals surface area (Å²) in [5.41, 5.74) is 5.84. The fourth-order valence-corrected chi connectivity index (χ4v) is 4.19. The Morgan fingerprint density at radius 2 is 1.89 bits per heavy atom. The summed E-state index contributed by atoms with van der Waals surface area (Å²) >= 11 is 5.80. The monoisotopic (exact) mass is 519 g/mol. The molecule has 1 amide bonds. The molecule has 11 heteroatoms. The smallest absolute Gasteiger partial charge is 0.410 e. The number of anilines is 1. The summed E-state index contributed by atoms with van der Waals surface area (Å²) in [6, 6.07) is 4.64. The molecule has 0 bridgehead atoms. The number of ether oxygens (including phenoxy) is 3. The largest absolute Gasteiger partial charge is 0.474 e. The maximum absolute atomic E-state index is 14.7. The molecule has 194 valence electrons. The second-order valence-corrected chi connectivity index (χ2v) is 10.4. The maximum Gasteiger partial charge on any atom is 0.410 e. The van der Waals surface area contributed by atoms with Crippen molar-refractivity contribution in [2.45, 2.75) is 70.4 Å². The number of amides is 1. The van der Waals surface area contributed by atoms with Crippen LogP contribution in [0, 0.1) is 0 Å². The van der Waals surface area contributed by atoms with E-state index in [0.717, 1.165) is 25.7 Å². The van der Waals surface area contributed by atoms with Gasteiger partial charge in [0.1, 0.15) is 17.5 Å². The van der Waals surface area contributed by atoms with Crippen LogP contribution in [0.25, 0.3) is 11.9 Å². The van der Waals surface area contributed by atoms with Crippen molar-refractivity contribution in [3.8, 4) is 5.88 Å². The Hall–Kier alpha value is -2.98. The first kappa shape index (κ1) is 26.1. The van der Waals surface area contributed by atoms with Crippen LogP contribution in [0.3, 0.4) is 0 Å². The number of nitrogens with two attached hydrogens (primary N) is 1. The van der Waals surface area contributed by atoms with Crippen molar-refractivity contribution in [2.24, 2.45) is 0 Å². The Balaban J connectivity index is 1.23. The van der Waals surface area contributed by atoms with E-state index in [9.17, 15) is 9.18 Å². The Morgan fingerprint density at radius 3 is 2.58 bits per heavy atom. The number of nitrogen functional groups attached to an aromatic ring is 1. The van der Waals surface area contributed by atoms with Crippen LogP contribution < -0.4 is 10.5 Å². The molecule has 0 radical (unpaired) electrons. The van der Waals surface area contributed by atoms with Crippen molar-refractivity contribution < 1.29 is 23.4 Å². The normalized spacial score (nSPS) is 21.1. The summed E-state index contributed by atoms with van der Waals surface area (Å²) in [5.74, 6) is -0.226. The van der Waals surface area contributed by atoms with Crippen molar-refractivity contribution in [3.63, 3.8) is 0 Å². The first-order valence-corrected chi connectivity index (χ1v) is 12.4. The van der Waals surface area contributed by atoms with E-state index in [2.05, 4.69) is 15.2 Å². The highest BCUT2D eigenvalue weighted by atomic mass is 35.5. The Bertz CT molecular complexity index is 1110. The molecule has 0 unspecified atom stereocenters. The highest BCUT2D eigenvalue weighted by Crippen LogP contribution is 2.31. The lowest BCUT2D eigenvalue weighted by molar-refractivity contribution is -0.110. The highest BCUT2D eigenvalue weighted by Gasteiger charge is 2.35. The van der Waals surface area contributed by atoms with Gasteiger partial charge in [0.15, 0.2) is 11.0 Å². The summed E-state index contributed by atoms with van der Waals surface area (Å²) in [6.07, 6.45) is 5.87. The van der Waals surface area contributed by atoms with Gasteiger partial charge < -0.3 is 24.8 Å².